The Kier molecular flexibility index (Phi) is 8.23. The van der Waals surface area contributed by atoms with E-state index in [1.54, 1.807) is 19.4 Å². The number of unbranched alkanes of at least 4 members (excludes halogenated alkanes) is 2. The molecular formula is C23H29N5O2. The maximum atomic E-state index is 9.87. The topological polar surface area (TPSA) is 93.1 Å². The van der Waals surface area contributed by atoms with E-state index in [2.05, 4.69) is 22.2 Å². The van der Waals surface area contributed by atoms with Crippen LogP contribution in [0.4, 0.5) is 0 Å². The normalized spacial score (nSPS) is 12.0. The van der Waals surface area contributed by atoms with Crippen molar-refractivity contribution in [2.75, 3.05) is 20.2 Å². The third-order valence-electron chi connectivity index (χ3n) is 4.65. The average Bonchev–Trinajstić information content (AvgIpc) is 2.79. The molecule has 2 aromatic heterocycles. The molecule has 0 amide bonds. The first kappa shape index (κ1) is 21.8. The second-order valence-electron chi connectivity index (χ2n) is 7.20. The summed E-state index contributed by atoms with van der Waals surface area (Å²) in [5, 5.41) is 12.8. The van der Waals surface area contributed by atoms with Gasteiger partial charge < -0.3 is 15.2 Å². The Hall–Kier alpha value is -2.90. The molecule has 7 heteroatoms. The third kappa shape index (κ3) is 6.30. The summed E-state index contributed by atoms with van der Waals surface area (Å²) in [6.07, 6.45) is 8.78. The lowest BCUT2D eigenvalue weighted by Crippen LogP contribution is -2.29. The number of hydrogen-bond acceptors (Lipinski definition) is 7. The molecule has 7 nitrogen and oxygen atoms in total. The molecule has 0 aliphatic carbocycles. The van der Waals surface area contributed by atoms with Gasteiger partial charge in [0.1, 0.15) is 24.8 Å². The van der Waals surface area contributed by atoms with E-state index in [-0.39, 0.29) is 6.61 Å². The highest BCUT2D eigenvalue weighted by molar-refractivity contribution is 5.64. The first-order valence-electron chi connectivity index (χ1n) is 10.4. The van der Waals surface area contributed by atoms with Crippen molar-refractivity contribution in [3.05, 3.63) is 54.7 Å². The minimum absolute atomic E-state index is 0.217. The molecule has 0 saturated carbocycles. The zero-order valence-electron chi connectivity index (χ0n) is 17.6. The Morgan fingerprint density at radius 3 is 2.67 bits per heavy atom. The van der Waals surface area contributed by atoms with Crippen molar-refractivity contribution in [2.24, 2.45) is 0 Å². The van der Waals surface area contributed by atoms with E-state index in [0.717, 1.165) is 41.8 Å². The van der Waals surface area contributed by atoms with Gasteiger partial charge in [-0.1, -0.05) is 31.9 Å². The number of aryl methyl sites for hydroxylation is 1. The zero-order chi connectivity index (χ0) is 21.2. The van der Waals surface area contributed by atoms with Crippen molar-refractivity contribution in [1.82, 2.24) is 25.3 Å². The number of benzene rings is 1. The lowest BCUT2D eigenvalue weighted by Gasteiger charge is -2.13. The Labute approximate surface area is 177 Å². The molecule has 0 aliphatic heterocycles. The molecule has 1 atom stereocenters. The van der Waals surface area contributed by atoms with Gasteiger partial charge in [0.25, 0.3) is 0 Å². The van der Waals surface area contributed by atoms with Crippen LogP contribution in [0.1, 0.15) is 31.9 Å². The maximum Gasteiger partial charge on any atom is 0.160 e. The van der Waals surface area contributed by atoms with Gasteiger partial charge in [0.2, 0.25) is 0 Å². The van der Waals surface area contributed by atoms with Crippen LogP contribution in [0.2, 0.25) is 0 Å². The largest absolute Gasteiger partial charge is 0.491 e. The van der Waals surface area contributed by atoms with Crippen LogP contribution < -0.4 is 10.1 Å². The molecule has 2 heterocycles. The van der Waals surface area contributed by atoms with Gasteiger partial charge in [-0.15, -0.1) is 0 Å². The highest BCUT2D eigenvalue weighted by Crippen LogP contribution is 2.25. The van der Waals surface area contributed by atoms with Crippen LogP contribution in [0.25, 0.3) is 22.6 Å². The summed E-state index contributed by atoms with van der Waals surface area (Å²) >= 11 is 0. The third-order valence-corrected chi connectivity index (χ3v) is 4.65. The summed E-state index contributed by atoms with van der Waals surface area (Å²) in [4.78, 5) is 17.8. The molecule has 0 spiro atoms. The molecule has 0 saturated heterocycles. The van der Waals surface area contributed by atoms with Crippen LogP contribution >= 0.6 is 0 Å². The fourth-order valence-corrected chi connectivity index (χ4v) is 3.10. The Morgan fingerprint density at radius 2 is 1.90 bits per heavy atom. The standard InChI is InChI=1S/C23H29N5O2/c1-3-4-5-8-19-11-22(18-12-25-16-26-13-18)28-23(27-19)17-7-6-9-21(10-17)30-15-20(29)14-24-2/h6-7,9-13,16,20,24,29H,3-5,8,14-15H2,1-2H3. The van der Waals surface area contributed by atoms with Crippen molar-refractivity contribution < 1.29 is 9.84 Å². The summed E-state index contributed by atoms with van der Waals surface area (Å²) in [5.41, 5.74) is 3.54. The second-order valence-corrected chi connectivity index (χ2v) is 7.20. The van der Waals surface area contributed by atoms with Gasteiger partial charge in [0.15, 0.2) is 5.82 Å². The molecule has 158 valence electrons. The van der Waals surface area contributed by atoms with Crippen LogP contribution in [-0.4, -0.2) is 51.3 Å². The quantitative estimate of drug-likeness (QED) is 0.471. The molecule has 2 N–H and O–H groups in total. The molecule has 30 heavy (non-hydrogen) atoms. The molecular weight excluding hydrogens is 378 g/mol. The first-order chi connectivity index (χ1) is 14.7. The first-order valence-corrected chi connectivity index (χ1v) is 10.4. The number of aromatic nitrogens is 4. The van der Waals surface area contributed by atoms with Gasteiger partial charge in [0, 0.05) is 35.8 Å². The van der Waals surface area contributed by atoms with E-state index in [4.69, 9.17) is 14.7 Å². The van der Waals surface area contributed by atoms with E-state index in [9.17, 15) is 5.11 Å². The fraction of sp³-hybridized carbons (Fsp3) is 0.391. The highest BCUT2D eigenvalue weighted by Gasteiger charge is 2.11. The Bertz CT molecular complexity index is 920. The number of nitrogens with zero attached hydrogens (tertiary/aromatic N) is 4. The van der Waals surface area contributed by atoms with Crippen molar-refractivity contribution in [2.45, 2.75) is 38.7 Å². The van der Waals surface area contributed by atoms with Gasteiger partial charge in [-0.3, -0.25) is 0 Å². The number of aliphatic hydroxyl groups is 1. The molecule has 0 fully saturated rings. The van der Waals surface area contributed by atoms with E-state index in [1.807, 2.05) is 30.3 Å². The lowest BCUT2D eigenvalue weighted by molar-refractivity contribution is 0.108. The van der Waals surface area contributed by atoms with E-state index >= 15 is 0 Å². The summed E-state index contributed by atoms with van der Waals surface area (Å²) in [6.45, 7) is 2.89. The SMILES string of the molecule is CCCCCc1cc(-c2cncnc2)nc(-c2cccc(OCC(O)CNC)c2)n1. The predicted molar refractivity (Wildman–Crippen MR) is 117 cm³/mol. The molecule has 0 bridgehead atoms. The smallest absolute Gasteiger partial charge is 0.160 e. The molecule has 0 radical (unpaired) electrons. The average molecular weight is 408 g/mol. The van der Waals surface area contributed by atoms with Crippen LogP contribution in [-0.2, 0) is 6.42 Å². The van der Waals surface area contributed by atoms with E-state index in [1.165, 1.54) is 12.7 Å². The minimum atomic E-state index is -0.568. The van der Waals surface area contributed by atoms with Gasteiger partial charge in [-0.2, -0.15) is 0 Å². The Morgan fingerprint density at radius 1 is 1.07 bits per heavy atom. The van der Waals surface area contributed by atoms with Crippen LogP contribution in [0.3, 0.4) is 0 Å². The molecule has 0 aliphatic rings. The molecule has 1 aromatic carbocycles. The van der Waals surface area contributed by atoms with Crippen LogP contribution in [0.15, 0.2) is 49.1 Å². The van der Waals surface area contributed by atoms with E-state index < -0.39 is 6.10 Å². The van der Waals surface area contributed by atoms with Crippen molar-refractivity contribution in [3.63, 3.8) is 0 Å². The van der Waals surface area contributed by atoms with Crippen LogP contribution in [0, 0.1) is 0 Å². The zero-order valence-corrected chi connectivity index (χ0v) is 17.6. The molecule has 1 unspecified atom stereocenters. The maximum absolute atomic E-state index is 9.87. The summed E-state index contributed by atoms with van der Waals surface area (Å²) in [5.74, 6) is 1.32. The van der Waals surface area contributed by atoms with Gasteiger partial charge in [-0.25, -0.2) is 19.9 Å². The Balaban J connectivity index is 1.88. The number of ether oxygens (including phenoxy) is 1. The fourth-order valence-electron chi connectivity index (χ4n) is 3.10. The number of likely N-dealkylation sites (N-methyl/N-ethyl adjacent to an activating group) is 1. The van der Waals surface area contributed by atoms with Crippen molar-refractivity contribution >= 4 is 0 Å². The van der Waals surface area contributed by atoms with Crippen LogP contribution in [0.5, 0.6) is 5.75 Å². The predicted octanol–water partition coefficient (Wildman–Crippen LogP) is 3.29. The van der Waals surface area contributed by atoms with Gasteiger partial charge in [0.05, 0.1) is 5.69 Å². The molecule has 3 aromatic rings. The number of nitrogens with one attached hydrogen (secondary N) is 1. The second kappa shape index (κ2) is 11.3. The summed E-state index contributed by atoms with van der Waals surface area (Å²) < 4.78 is 5.74. The van der Waals surface area contributed by atoms with Gasteiger partial charge in [-0.05, 0) is 38.1 Å². The summed E-state index contributed by atoms with van der Waals surface area (Å²) in [6, 6.07) is 9.67. The monoisotopic (exact) mass is 407 g/mol. The number of rotatable bonds is 11. The van der Waals surface area contributed by atoms with Crippen molar-refractivity contribution in [1.29, 1.82) is 0 Å². The lowest BCUT2D eigenvalue weighted by atomic mass is 10.1. The highest BCUT2D eigenvalue weighted by atomic mass is 16.5. The van der Waals surface area contributed by atoms with Gasteiger partial charge >= 0.3 is 0 Å². The minimum Gasteiger partial charge on any atom is -0.491 e. The van der Waals surface area contributed by atoms with E-state index in [0.29, 0.717) is 18.1 Å². The number of hydrogen-bond donors (Lipinski definition) is 2. The summed E-state index contributed by atoms with van der Waals surface area (Å²) in [7, 11) is 1.80. The number of aliphatic hydroxyl groups excluding tert-OH is 1. The molecule has 3 rings (SSSR count). The van der Waals surface area contributed by atoms with Crippen molar-refractivity contribution in [3.8, 4) is 28.4 Å².